The standard InChI is InChI=1S/C34H30FN5O2S/c1-22-10-8-16-28(23(22)2)40-34-31(32(38-40)24-11-4-3-5-12-24)33(25-13-9-14-26(35)18-25)43-21-30(42)39(34)20-29(41)37-19-27-15-6-7-17-36-27/h3-18,33H,19-21H2,1-2H3,(H,37,41). The summed E-state index contributed by atoms with van der Waals surface area (Å²) in [6, 6.07) is 27.7. The summed E-state index contributed by atoms with van der Waals surface area (Å²) < 4.78 is 16.4. The van der Waals surface area contributed by atoms with Crippen molar-refractivity contribution in [3.05, 3.63) is 131 Å². The van der Waals surface area contributed by atoms with Crippen LogP contribution in [0.25, 0.3) is 16.9 Å². The van der Waals surface area contributed by atoms with Crippen molar-refractivity contribution < 1.29 is 14.0 Å². The lowest BCUT2D eigenvalue weighted by atomic mass is 9.99. The first-order chi connectivity index (χ1) is 20.9. The molecule has 1 N–H and O–H groups in total. The van der Waals surface area contributed by atoms with E-state index in [0.717, 1.165) is 33.5 Å². The van der Waals surface area contributed by atoms with Crippen LogP contribution in [0.4, 0.5) is 10.2 Å². The molecule has 1 atom stereocenters. The number of thioether (sulfide) groups is 1. The summed E-state index contributed by atoms with van der Waals surface area (Å²) in [6.07, 6.45) is 1.67. The van der Waals surface area contributed by atoms with Gasteiger partial charge >= 0.3 is 0 Å². The van der Waals surface area contributed by atoms with Gasteiger partial charge in [0.1, 0.15) is 18.2 Å². The van der Waals surface area contributed by atoms with E-state index in [1.165, 1.54) is 28.8 Å². The second-order valence-electron chi connectivity index (χ2n) is 10.4. The molecule has 0 aliphatic carbocycles. The zero-order valence-corrected chi connectivity index (χ0v) is 24.6. The zero-order chi connectivity index (χ0) is 29.9. The number of nitrogens with zero attached hydrogens (tertiary/aromatic N) is 4. The molecule has 0 saturated carbocycles. The molecule has 3 aromatic carbocycles. The molecule has 1 aliphatic rings. The number of aryl methyl sites for hydroxylation is 1. The Morgan fingerprint density at radius 2 is 1.79 bits per heavy atom. The molecule has 5 aromatic rings. The Hall–Kier alpha value is -4.76. The maximum Gasteiger partial charge on any atom is 0.240 e. The van der Waals surface area contributed by atoms with E-state index in [-0.39, 0.29) is 36.5 Å². The molecule has 0 fully saturated rings. The Morgan fingerprint density at radius 3 is 2.56 bits per heavy atom. The summed E-state index contributed by atoms with van der Waals surface area (Å²) in [7, 11) is 0. The van der Waals surface area contributed by atoms with Crippen LogP contribution < -0.4 is 10.2 Å². The maximum atomic E-state index is 14.6. The summed E-state index contributed by atoms with van der Waals surface area (Å²) in [6.45, 7) is 4.07. The number of hydrogen-bond donors (Lipinski definition) is 1. The number of carbonyl (C=O) groups is 2. The summed E-state index contributed by atoms with van der Waals surface area (Å²) in [5, 5.41) is 7.63. The van der Waals surface area contributed by atoms with Gasteiger partial charge in [-0.05, 0) is 60.9 Å². The van der Waals surface area contributed by atoms with E-state index in [2.05, 4.69) is 10.3 Å². The summed E-state index contributed by atoms with van der Waals surface area (Å²) in [5.41, 5.74) is 6.59. The third-order valence-electron chi connectivity index (χ3n) is 7.59. The van der Waals surface area contributed by atoms with Crippen molar-refractivity contribution >= 4 is 29.4 Å². The van der Waals surface area contributed by atoms with Crippen molar-refractivity contribution in [2.75, 3.05) is 17.2 Å². The van der Waals surface area contributed by atoms with Crippen LogP contribution in [0.15, 0.2) is 97.2 Å². The number of aromatic nitrogens is 3. The fraction of sp³-hybridized carbons (Fsp3) is 0.176. The molecule has 0 spiro atoms. The second-order valence-corrected chi connectivity index (χ2v) is 11.5. The van der Waals surface area contributed by atoms with Crippen LogP contribution in [0.5, 0.6) is 0 Å². The molecule has 0 bridgehead atoms. The number of carbonyl (C=O) groups excluding carboxylic acids is 2. The van der Waals surface area contributed by atoms with Crippen molar-refractivity contribution in [1.29, 1.82) is 0 Å². The average molecular weight is 592 g/mol. The summed E-state index contributed by atoms with van der Waals surface area (Å²) >= 11 is 1.41. The number of anilines is 1. The van der Waals surface area contributed by atoms with Gasteiger partial charge in [0, 0.05) is 17.3 Å². The molecule has 3 heterocycles. The monoisotopic (exact) mass is 591 g/mol. The van der Waals surface area contributed by atoms with Gasteiger partial charge in [-0.25, -0.2) is 9.07 Å². The molecular weight excluding hydrogens is 561 g/mol. The topological polar surface area (TPSA) is 80.1 Å². The van der Waals surface area contributed by atoms with E-state index < -0.39 is 5.25 Å². The molecule has 1 unspecified atom stereocenters. The van der Waals surface area contributed by atoms with Gasteiger partial charge in [0.05, 0.1) is 34.6 Å². The summed E-state index contributed by atoms with van der Waals surface area (Å²) in [5.74, 6) is -0.308. The van der Waals surface area contributed by atoms with E-state index >= 15 is 0 Å². The largest absolute Gasteiger partial charge is 0.349 e. The van der Waals surface area contributed by atoms with Crippen molar-refractivity contribution in [2.45, 2.75) is 25.6 Å². The normalized spacial score (nSPS) is 14.7. The molecule has 2 amide bonds. The third kappa shape index (κ3) is 5.81. The number of amides is 2. The highest BCUT2D eigenvalue weighted by molar-refractivity contribution is 8.00. The van der Waals surface area contributed by atoms with Gasteiger partial charge in [-0.2, -0.15) is 5.10 Å². The van der Waals surface area contributed by atoms with Crippen LogP contribution in [-0.4, -0.2) is 38.9 Å². The van der Waals surface area contributed by atoms with Gasteiger partial charge in [-0.3, -0.25) is 19.5 Å². The van der Waals surface area contributed by atoms with Crippen LogP contribution in [-0.2, 0) is 16.1 Å². The Morgan fingerprint density at radius 1 is 1.00 bits per heavy atom. The molecule has 6 rings (SSSR count). The number of fused-ring (bicyclic) bond motifs is 1. The van der Waals surface area contributed by atoms with Gasteiger partial charge in [0.2, 0.25) is 11.8 Å². The molecule has 2 aromatic heterocycles. The molecule has 9 heteroatoms. The third-order valence-corrected chi connectivity index (χ3v) is 8.84. The molecule has 1 aliphatic heterocycles. The second kappa shape index (κ2) is 12.2. The predicted molar refractivity (Wildman–Crippen MR) is 168 cm³/mol. The molecule has 7 nitrogen and oxygen atoms in total. The smallest absolute Gasteiger partial charge is 0.240 e. The minimum atomic E-state index is -0.412. The van der Waals surface area contributed by atoms with Crippen LogP contribution in [0.1, 0.15) is 33.2 Å². The van der Waals surface area contributed by atoms with E-state index in [0.29, 0.717) is 17.2 Å². The number of benzene rings is 3. The van der Waals surface area contributed by atoms with E-state index in [1.54, 1.807) is 16.9 Å². The van der Waals surface area contributed by atoms with Crippen LogP contribution in [0, 0.1) is 19.7 Å². The predicted octanol–water partition coefficient (Wildman–Crippen LogP) is 6.18. The maximum absolute atomic E-state index is 14.6. The van der Waals surface area contributed by atoms with Crippen LogP contribution in [0.2, 0.25) is 0 Å². The van der Waals surface area contributed by atoms with E-state index in [9.17, 15) is 14.0 Å². The number of nitrogens with one attached hydrogen (secondary N) is 1. The minimum Gasteiger partial charge on any atom is -0.349 e. The molecule has 0 radical (unpaired) electrons. The Balaban J connectivity index is 1.55. The molecule has 0 saturated heterocycles. The average Bonchev–Trinajstić information content (AvgIpc) is 3.34. The minimum absolute atomic E-state index is 0.102. The molecule has 43 heavy (non-hydrogen) atoms. The van der Waals surface area contributed by atoms with Crippen molar-refractivity contribution in [3.63, 3.8) is 0 Å². The first-order valence-electron chi connectivity index (χ1n) is 14.0. The van der Waals surface area contributed by atoms with Crippen LogP contribution >= 0.6 is 11.8 Å². The fourth-order valence-electron chi connectivity index (χ4n) is 5.29. The number of pyridine rings is 1. The zero-order valence-electron chi connectivity index (χ0n) is 23.8. The van der Waals surface area contributed by atoms with Gasteiger partial charge in [0.25, 0.3) is 0 Å². The fourth-order valence-corrected chi connectivity index (χ4v) is 6.47. The molecule has 216 valence electrons. The Labute approximate surface area is 253 Å². The van der Waals surface area contributed by atoms with Gasteiger partial charge in [0.15, 0.2) is 0 Å². The first kappa shape index (κ1) is 28.4. The Bertz CT molecular complexity index is 1790. The van der Waals surface area contributed by atoms with Gasteiger partial charge in [-0.15, -0.1) is 11.8 Å². The van der Waals surface area contributed by atoms with Crippen molar-refractivity contribution in [2.24, 2.45) is 0 Å². The number of halogens is 1. The van der Waals surface area contributed by atoms with Crippen molar-refractivity contribution in [1.82, 2.24) is 20.1 Å². The SMILES string of the molecule is Cc1cccc(-n2nc(-c3ccccc3)c3c2N(CC(=O)NCc2ccccn2)C(=O)CSC3c2cccc(F)c2)c1C. The highest BCUT2D eigenvalue weighted by Gasteiger charge is 2.38. The van der Waals surface area contributed by atoms with Gasteiger partial charge < -0.3 is 5.32 Å². The lowest BCUT2D eigenvalue weighted by Gasteiger charge is -2.24. The summed E-state index contributed by atoms with van der Waals surface area (Å²) in [4.78, 5) is 33.1. The number of rotatable bonds is 7. The van der Waals surface area contributed by atoms with Crippen molar-refractivity contribution in [3.8, 4) is 16.9 Å². The van der Waals surface area contributed by atoms with Gasteiger partial charge in [-0.1, -0.05) is 60.7 Å². The lowest BCUT2D eigenvalue weighted by molar-refractivity contribution is -0.123. The van der Waals surface area contributed by atoms with E-state index in [1.807, 2.05) is 86.6 Å². The first-order valence-corrected chi connectivity index (χ1v) is 15.0. The van der Waals surface area contributed by atoms with E-state index in [4.69, 9.17) is 5.10 Å². The quantitative estimate of drug-likeness (QED) is 0.245. The highest BCUT2D eigenvalue weighted by Crippen LogP contribution is 2.48. The number of hydrogen-bond acceptors (Lipinski definition) is 5. The Kier molecular flexibility index (Phi) is 8.07. The lowest BCUT2D eigenvalue weighted by Crippen LogP contribution is -2.42. The van der Waals surface area contributed by atoms with Crippen LogP contribution in [0.3, 0.4) is 0 Å². The highest BCUT2D eigenvalue weighted by atomic mass is 32.2. The molecular formula is C34H30FN5O2S.